The average molecular weight is 1480 g/mol. The smallest absolute Gasteiger partial charge is 0.381 e. The topological polar surface area (TPSA) is 280 Å². The summed E-state index contributed by atoms with van der Waals surface area (Å²) in [5.41, 5.74) is -1.50. The first-order chi connectivity index (χ1) is 49.7. The summed E-state index contributed by atoms with van der Waals surface area (Å²) in [4.78, 5) is 196. The van der Waals surface area contributed by atoms with E-state index in [1.807, 2.05) is 26.0 Å². The van der Waals surface area contributed by atoms with Crippen LogP contribution in [0.4, 0.5) is 13.2 Å². The second kappa shape index (κ2) is 36.8. The molecule has 3 unspecified atom stereocenters. The lowest BCUT2D eigenvalue weighted by Crippen LogP contribution is -2.68. The van der Waals surface area contributed by atoms with Crippen LogP contribution in [0.2, 0.25) is 0 Å². The zero-order chi connectivity index (χ0) is 77.1. The lowest BCUT2D eigenvalue weighted by molar-refractivity contribution is -0.215. The van der Waals surface area contributed by atoms with Crippen LogP contribution in [0.15, 0.2) is 12.2 Å². The summed E-state index contributed by atoms with van der Waals surface area (Å²) in [5.74, 6) is -10.7. The SMILES string of the molecule is CCOC[C@H]1C(=O)N[C@@H]([C@@H](C)CC)C(=O)N(C2CC2)CC(=O)N(C)[C@H]2C/C=C\CCN(C2=O)[C@@H](CC2CCCCC2)C(=O)N(C)CC(=O)N[C@@H](CCC2CCC(C(F)(F)F)C(OC)C2)C(=O)N2C[C@@H](C)C[C@H]2C(=O)N(C)C2(CCC2)C(=O)N(C)[C@@H](C2CCCC2)C(=O)N(C)[C@H](C(=O)N(C)C)CC(=O)N1C. The average Bonchev–Trinajstić information content (AvgIpc) is 1.55. The summed E-state index contributed by atoms with van der Waals surface area (Å²) in [6.07, 6.45) is 7.75. The molecule has 8 aliphatic rings. The highest BCUT2D eigenvalue weighted by molar-refractivity contribution is 6.01. The van der Waals surface area contributed by atoms with E-state index < -0.39 is 174 Å². The van der Waals surface area contributed by atoms with Crippen LogP contribution >= 0.6 is 0 Å². The number of hydrogen-bond donors (Lipinski definition) is 2. The van der Waals surface area contributed by atoms with Gasteiger partial charge in [-0.3, -0.25) is 57.5 Å². The highest BCUT2D eigenvalue weighted by Gasteiger charge is 2.57. The standard InChI is InChI=1S/C76H121F3N12O14/c1-14-48(4)64-72(101)90(52-32-33-52)45-63(94)84(8)55-29-20-17-23-38-89(71(55)100)58(40-49-25-18-16-19-26-49)69(98)83(7)44-61(92)80-54(35-31-50-30-34-53(76(77,78)79)60(41-50)104-13)67(96)91-43-47(3)39-57(91)70(99)88(12)75(36-24-37-75)74(103)87(11)65(51-27-21-22-28-51)73(102)86(10)56(68(97)82(5)6)42-62(93)85(9)59(46-105-15-2)66(95)81-64/h17,20,47-60,64-65H,14-16,18-19,21-46H2,1-13H3,(H,80,92)(H,81,95)/b20-17-/t47-,48-,50?,53?,54-,55-,56-,57-,58-,59-,60?,64-,65-/m0/s1. The van der Waals surface area contributed by atoms with Crippen molar-refractivity contribution >= 4 is 70.9 Å². The van der Waals surface area contributed by atoms with Crippen LogP contribution in [0.3, 0.4) is 0 Å². The first-order valence-electron chi connectivity index (χ1n) is 38.8. The Morgan fingerprint density at radius 3 is 1.93 bits per heavy atom. The van der Waals surface area contributed by atoms with Gasteiger partial charge in [-0.1, -0.05) is 84.3 Å². The summed E-state index contributed by atoms with van der Waals surface area (Å²) in [6.45, 7) is 6.10. The van der Waals surface area contributed by atoms with Gasteiger partial charge >= 0.3 is 6.18 Å². The fourth-order valence-electron chi connectivity index (χ4n) is 17.5. The van der Waals surface area contributed by atoms with Gasteiger partial charge in [-0.2, -0.15) is 13.2 Å². The van der Waals surface area contributed by atoms with Gasteiger partial charge in [0, 0.05) is 89.2 Å². The molecular weight excluding hydrogens is 1360 g/mol. The van der Waals surface area contributed by atoms with Gasteiger partial charge < -0.3 is 69.1 Å². The molecule has 0 radical (unpaired) electrons. The number of nitrogens with zero attached hydrogens (tertiary/aromatic N) is 10. The minimum atomic E-state index is -4.51. The van der Waals surface area contributed by atoms with Crippen LogP contribution in [0, 0.1) is 35.5 Å². The molecule has 105 heavy (non-hydrogen) atoms. The van der Waals surface area contributed by atoms with Crippen molar-refractivity contribution in [3.05, 3.63) is 12.2 Å². The molecule has 590 valence electrons. The second-order valence-corrected chi connectivity index (χ2v) is 32.0. The third-order valence-electron chi connectivity index (χ3n) is 24.7. The maximum atomic E-state index is 15.7. The number of carbonyl (C=O) groups excluding carboxylic acids is 12. The van der Waals surface area contributed by atoms with Crippen molar-refractivity contribution in [2.45, 2.75) is 260 Å². The zero-order valence-corrected chi connectivity index (χ0v) is 64.6. The Morgan fingerprint density at radius 2 is 1.33 bits per heavy atom. The molecule has 3 heterocycles. The van der Waals surface area contributed by atoms with Gasteiger partial charge in [-0.15, -0.1) is 0 Å². The predicted molar refractivity (Wildman–Crippen MR) is 384 cm³/mol. The summed E-state index contributed by atoms with van der Waals surface area (Å²) < 4.78 is 54.2. The van der Waals surface area contributed by atoms with Gasteiger partial charge in [0.1, 0.15) is 60.4 Å². The number of methoxy groups -OCH3 is 1. The summed E-state index contributed by atoms with van der Waals surface area (Å²) in [7, 11) is 12.9. The minimum absolute atomic E-state index is 0.0209. The molecule has 5 aliphatic carbocycles. The van der Waals surface area contributed by atoms with E-state index in [-0.39, 0.29) is 114 Å². The maximum absolute atomic E-state index is 15.7. The number of halogens is 3. The highest BCUT2D eigenvalue weighted by Crippen LogP contribution is 2.45. The van der Waals surface area contributed by atoms with E-state index in [0.29, 0.717) is 44.9 Å². The largest absolute Gasteiger partial charge is 0.394 e. The molecule has 26 nitrogen and oxygen atoms in total. The number of carbonyl (C=O) groups is 12. The van der Waals surface area contributed by atoms with Crippen LogP contribution in [-0.2, 0) is 67.0 Å². The van der Waals surface area contributed by atoms with Crippen molar-refractivity contribution in [2.75, 3.05) is 103 Å². The van der Waals surface area contributed by atoms with E-state index in [9.17, 15) is 37.1 Å². The fraction of sp³-hybridized carbons (Fsp3) is 0.816. The Bertz CT molecular complexity index is 3140. The molecule has 8 rings (SSSR count). The summed E-state index contributed by atoms with van der Waals surface area (Å²) >= 11 is 0. The number of nitrogens with one attached hydrogen (secondary N) is 2. The third-order valence-corrected chi connectivity index (χ3v) is 24.7. The van der Waals surface area contributed by atoms with E-state index in [1.54, 1.807) is 13.8 Å². The molecule has 29 heteroatoms. The Morgan fingerprint density at radius 1 is 0.667 bits per heavy atom. The van der Waals surface area contributed by atoms with Crippen molar-refractivity contribution in [3.63, 3.8) is 0 Å². The first-order valence-corrected chi connectivity index (χ1v) is 38.8. The Labute approximate surface area is 619 Å². The van der Waals surface area contributed by atoms with Crippen molar-refractivity contribution in [1.82, 2.24) is 59.6 Å². The van der Waals surface area contributed by atoms with Crippen molar-refractivity contribution < 1.29 is 80.2 Å². The quantitative estimate of drug-likeness (QED) is 0.207. The second-order valence-electron chi connectivity index (χ2n) is 32.0. The lowest BCUT2D eigenvalue weighted by atomic mass is 9.73. The summed E-state index contributed by atoms with van der Waals surface area (Å²) in [5, 5.41) is 5.84. The number of fused-ring (bicyclic) bond motifs is 3. The molecule has 2 saturated heterocycles. The molecule has 1 spiro atoms. The number of hydrogen-bond acceptors (Lipinski definition) is 14. The first kappa shape index (κ1) is 83.7. The monoisotopic (exact) mass is 1480 g/mol. The van der Waals surface area contributed by atoms with E-state index in [4.69, 9.17) is 9.47 Å². The molecular formula is C76H121F3N12O14. The van der Waals surface area contributed by atoms with Gasteiger partial charge in [-0.25, -0.2) is 0 Å². The van der Waals surface area contributed by atoms with Crippen LogP contribution < -0.4 is 10.6 Å². The van der Waals surface area contributed by atoms with Gasteiger partial charge in [-0.05, 0) is 139 Å². The Kier molecular flexibility index (Phi) is 29.3. The minimum Gasteiger partial charge on any atom is -0.381 e. The maximum Gasteiger partial charge on any atom is 0.394 e. The van der Waals surface area contributed by atoms with E-state index in [1.165, 1.54) is 108 Å². The molecule has 3 aliphatic heterocycles. The van der Waals surface area contributed by atoms with Gasteiger partial charge in [0.05, 0.1) is 31.6 Å². The van der Waals surface area contributed by atoms with Gasteiger partial charge in [0.25, 0.3) is 0 Å². The van der Waals surface area contributed by atoms with E-state index >= 15 is 33.6 Å². The normalized spacial score (nSPS) is 31.2. The van der Waals surface area contributed by atoms with E-state index in [0.717, 1.165) is 49.8 Å². The third kappa shape index (κ3) is 19.7. The van der Waals surface area contributed by atoms with Crippen molar-refractivity contribution in [2.24, 2.45) is 35.5 Å². The fourth-order valence-corrected chi connectivity index (χ4v) is 17.5. The predicted octanol–water partition coefficient (Wildman–Crippen LogP) is 5.39. The Hall–Kier alpha value is -6.91. The van der Waals surface area contributed by atoms with E-state index in [2.05, 4.69) is 10.6 Å². The van der Waals surface area contributed by atoms with Crippen LogP contribution in [0.25, 0.3) is 0 Å². The molecule has 2 bridgehead atoms. The molecule has 0 aromatic heterocycles. The lowest BCUT2D eigenvalue weighted by Gasteiger charge is -2.51. The molecule has 0 aromatic rings. The van der Waals surface area contributed by atoms with Crippen LogP contribution in [0.1, 0.15) is 188 Å². The Balaban J connectivity index is 1.20. The number of amides is 12. The number of likely N-dealkylation sites (N-methyl/N-ethyl adjacent to an activating group) is 7. The number of rotatable bonds is 14. The zero-order valence-electron chi connectivity index (χ0n) is 64.6. The molecule has 5 saturated carbocycles. The van der Waals surface area contributed by atoms with Crippen molar-refractivity contribution in [3.8, 4) is 0 Å². The van der Waals surface area contributed by atoms with Crippen molar-refractivity contribution in [1.29, 1.82) is 0 Å². The molecule has 7 fully saturated rings. The van der Waals surface area contributed by atoms with Crippen LogP contribution in [-0.4, -0.2) is 295 Å². The van der Waals surface area contributed by atoms with Gasteiger partial charge in [0.15, 0.2) is 0 Å². The molecule has 0 aromatic carbocycles. The number of alkyl halides is 3. The molecule has 13 atom stereocenters. The van der Waals surface area contributed by atoms with Crippen LogP contribution in [0.5, 0.6) is 0 Å². The molecule has 12 amide bonds. The number of ether oxygens (including phenoxy) is 2. The highest BCUT2D eigenvalue weighted by atomic mass is 19.4. The molecule has 2 N–H and O–H groups in total. The summed E-state index contributed by atoms with van der Waals surface area (Å²) in [6, 6.07) is -10.4. The van der Waals surface area contributed by atoms with Gasteiger partial charge in [0.2, 0.25) is 70.9 Å².